The van der Waals surface area contributed by atoms with Gasteiger partial charge in [0.25, 0.3) is 0 Å². The fraction of sp³-hybridized carbons (Fsp3) is 0.926. The molecule has 4 aliphatic rings. The van der Waals surface area contributed by atoms with Gasteiger partial charge in [-0.15, -0.1) is 0 Å². The Hall–Kier alpha value is -1.08. The average Bonchev–Trinajstić information content (AvgIpc) is 3.06. The highest BCUT2D eigenvalue weighted by atomic mass is 16.5. The Morgan fingerprint density at radius 2 is 1.81 bits per heavy atom. The highest BCUT2D eigenvalue weighted by Gasteiger charge is 2.65. The summed E-state index contributed by atoms with van der Waals surface area (Å²) in [6, 6.07) is 2.41. The Bertz CT molecular complexity index is 730. The third-order valence-electron chi connectivity index (χ3n) is 10.9. The Morgan fingerprint density at radius 1 is 1.13 bits per heavy atom. The van der Waals surface area contributed by atoms with Gasteiger partial charge < -0.3 is 9.84 Å². The number of carbonyl (C=O) groups is 1. The second-order valence-corrected chi connectivity index (χ2v) is 12.0. The summed E-state index contributed by atoms with van der Waals surface area (Å²) in [4.78, 5) is 11.6. The van der Waals surface area contributed by atoms with Crippen LogP contribution < -0.4 is 0 Å². The first-order valence-electron chi connectivity index (χ1n) is 12.9. The lowest BCUT2D eigenvalue weighted by molar-refractivity contribution is -0.207. The second kappa shape index (κ2) is 8.36. The maximum atomic E-state index is 11.8. The zero-order valence-corrected chi connectivity index (χ0v) is 20.3. The highest BCUT2D eigenvalue weighted by molar-refractivity contribution is 5.66. The molecule has 0 aromatic rings. The molecule has 1 N–H and O–H groups in total. The fourth-order valence-corrected chi connectivity index (χ4v) is 9.55. The van der Waals surface area contributed by atoms with Crippen LogP contribution in [0.15, 0.2) is 0 Å². The van der Waals surface area contributed by atoms with E-state index in [0.29, 0.717) is 47.8 Å². The van der Waals surface area contributed by atoms with Crippen LogP contribution in [0.5, 0.6) is 0 Å². The smallest absolute Gasteiger partial charge is 0.302 e. The number of hydrogen-bond acceptors (Lipinski definition) is 4. The van der Waals surface area contributed by atoms with Gasteiger partial charge in [-0.25, -0.2) is 0 Å². The van der Waals surface area contributed by atoms with Gasteiger partial charge in [0.15, 0.2) is 0 Å². The molecule has 0 bridgehead atoms. The molecule has 4 nitrogen and oxygen atoms in total. The zero-order valence-electron chi connectivity index (χ0n) is 20.3. The molecule has 0 aromatic heterocycles. The first-order valence-corrected chi connectivity index (χ1v) is 12.9. The molecule has 0 amide bonds. The minimum absolute atomic E-state index is 0.0184. The molecule has 0 spiro atoms. The number of hydrogen-bond donors (Lipinski definition) is 1. The zero-order chi connectivity index (χ0) is 22.6. The number of carbonyl (C=O) groups excluding carboxylic acids is 1. The van der Waals surface area contributed by atoms with Gasteiger partial charge in [-0.3, -0.25) is 4.79 Å². The largest absolute Gasteiger partial charge is 0.463 e. The van der Waals surface area contributed by atoms with E-state index < -0.39 is 0 Å². The predicted octanol–water partition coefficient (Wildman–Crippen LogP) is 5.73. The number of esters is 1. The third-order valence-corrected chi connectivity index (χ3v) is 10.9. The molecule has 0 saturated heterocycles. The Labute approximate surface area is 189 Å². The summed E-state index contributed by atoms with van der Waals surface area (Å²) in [7, 11) is 0. The second-order valence-electron chi connectivity index (χ2n) is 12.0. The van der Waals surface area contributed by atoms with Gasteiger partial charge in [-0.2, -0.15) is 5.26 Å². The minimum atomic E-state index is -0.251. The first kappa shape index (κ1) is 23.1. The quantitative estimate of drug-likeness (QED) is 0.579. The molecule has 11 atom stereocenters. The Balaban J connectivity index is 1.63. The Kier molecular flexibility index (Phi) is 6.23. The number of ether oxygens (including phenoxy) is 1. The molecule has 0 heterocycles. The van der Waals surface area contributed by atoms with Gasteiger partial charge in [-0.1, -0.05) is 34.1 Å². The van der Waals surface area contributed by atoms with Crippen LogP contribution in [0.1, 0.15) is 92.4 Å². The maximum absolute atomic E-state index is 11.8. The molecule has 0 aromatic carbocycles. The maximum Gasteiger partial charge on any atom is 0.302 e. The third kappa shape index (κ3) is 3.54. The summed E-state index contributed by atoms with van der Waals surface area (Å²) < 4.78 is 5.65. The van der Waals surface area contributed by atoms with Crippen LogP contribution in [0.3, 0.4) is 0 Å². The van der Waals surface area contributed by atoms with Gasteiger partial charge in [0, 0.05) is 13.3 Å². The number of fused-ring (bicyclic) bond motifs is 5. The van der Waals surface area contributed by atoms with Crippen LogP contribution >= 0.6 is 0 Å². The first-order chi connectivity index (χ1) is 14.7. The number of rotatable bonds is 4. The predicted molar refractivity (Wildman–Crippen MR) is 121 cm³/mol. The summed E-state index contributed by atoms with van der Waals surface area (Å²) >= 11 is 0. The van der Waals surface area contributed by atoms with Crippen molar-refractivity contribution in [1.29, 1.82) is 5.26 Å². The van der Waals surface area contributed by atoms with Crippen molar-refractivity contribution in [3.63, 3.8) is 0 Å². The van der Waals surface area contributed by atoms with Crippen molar-refractivity contribution in [3.05, 3.63) is 0 Å². The van der Waals surface area contributed by atoms with E-state index in [2.05, 4.69) is 33.8 Å². The summed E-state index contributed by atoms with van der Waals surface area (Å²) in [6.45, 7) is 11.0. The van der Waals surface area contributed by atoms with E-state index in [1.165, 1.54) is 32.6 Å². The van der Waals surface area contributed by atoms with Crippen LogP contribution in [0.25, 0.3) is 0 Å². The molecule has 4 saturated carbocycles. The van der Waals surface area contributed by atoms with Crippen LogP contribution in [0.2, 0.25) is 0 Å². The monoisotopic (exact) mass is 429 g/mol. The van der Waals surface area contributed by atoms with Crippen LogP contribution in [0, 0.1) is 63.6 Å². The van der Waals surface area contributed by atoms with Gasteiger partial charge in [-0.05, 0) is 97.2 Å². The molecule has 3 unspecified atom stereocenters. The van der Waals surface area contributed by atoms with E-state index in [4.69, 9.17) is 4.74 Å². The fourth-order valence-electron chi connectivity index (χ4n) is 9.55. The van der Waals surface area contributed by atoms with Crippen molar-refractivity contribution in [3.8, 4) is 6.07 Å². The molecule has 4 rings (SSSR count). The molecule has 4 fully saturated rings. The minimum Gasteiger partial charge on any atom is -0.463 e. The van der Waals surface area contributed by atoms with Crippen LogP contribution in [-0.4, -0.2) is 23.3 Å². The number of aliphatic hydroxyl groups is 1. The molecular weight excluding hydrogens is 386 g/mol. The SMILES string of the molecule is CC[C@H]1[C@@H](O)C2C3CC[C@H]([C@H](C)CC#N)[C@@]3(C)CCC2[C@@]2(C)CC[C@@H](OC(C)=O)C[C@@H]12. The topological polar surface area (TPSA) is 70.3 Å². The van der Waals surface area contributed by atoms with E-state index >= 15 is 0 Å². The molecule has 4 aliphatic carbocycles. The lowest BCUT2D eigenvalue weighted by atomic mass is 9.41. The van der Waals surface area contributed by atoms with E-state index in [0.717, 1.165) is 25.7 Å². The van der Waals surface area contributed by atoms with Crippen LogP contribution in [-0.2, 0) is 9.53 Å². The molecule has 4 heteroatoms. The number of nitrogens with zero attached hydrogens (tertiary/aromatic N) is 1. The van der Waals surface area contributed by atoms with Crippen LogP contribution in [0.4, 0.5) is 0 Å². The summed E-state index contributed by atoms with van der Waals surface area (Å²) in [5, 5.41) is 21.1. The van der Waals surface area contributed by atoms with Gasteiger partial charge in [0.1, 0.15) is 6.10 Å². The molecule has 0 radical (unpaired) electrons. The standard InChI is InChI=1S/C27H43NO3/c1-6-19-23-15-18(31-17(3)29)9-12-27(23,5)22-10-13-26(4)20(16(2)11-14-28)7-8-21(26)24(22)25(19)30/h16,18-25,30H,6-13,15H2,1-5H3/t16-,18-,19-,20-,21?,22?,23+,24?,25-,26-,27-/m1/s1. The van der Waals surface area contributed by atoms with Crippen molar-refractivity contribution in [1.82, 2.24) is 0 Å². The van der Waals surface area contributed by atoms with E-state index in [1.54, 1.807) is 0 Å². The average molecular weight is 430 g/mol. The molecule has 174 valence electrons. The van der Waals surface area contributed by atoms with E-state index in [1.807, 2.05) is 0 Å². The van der Waals surface area contributed by atoms with Crippen molar-refractivity contribution in [2.24, 2.45) is 52.3 Å². The highest BCUT2D eigenvalue weighted by Crippen LogP contribution is 2.69. The van der Waals surface area contributed by atoms with Crippen molar-refractivity contribution in [2.75, 3.05) is 0 Å². The molecule has 0 aliphatic heterocycles. The summed E-state index contributed by atoms with van der Waals surface area (Å²) in [5.41, 5.74) is 0.494. The van der Waals surface area contributed by atoms with Crippen molar-refractivity contribution in [2.45, 2.75) is 105 Å². The molecule has 31 heavy (non-hydrogen) atoms. The Morgan fingerprint density at radius 3 is 2.45 bits per heavy atom. The van der Waals surface area contributed by atoms with Crippen molar-refractivity contribution < 1.29 is 14.6 Å². The summed E-state index contributed by atoms with van der Waals surface area (Å²) in [5.74, 6) is 3.13. The lowest BCUT2D eigenvalue weighted by Crippen LogP contribution is -2.62. The summed E-state index contributed by atoms with van der Waals surface area (Å²) in [6.07, 6.45) is 9.26. The molecular formula is C27H43NO3. The normalized spacial score (nSPS) is 49.8. The van der Waals surface area contributed by atoms with Gasteiger partial charge in [0.2, 0.25) is 0 Å². The number of aliphatic hydroxyl groups excluding tert-OH is 1. The van der Waals surface area contributed by atoms with Gasteiger partial charge >= 0.3 is 5.97 Å². The van der Waals surface area contributed by atoms with E-state index in [-0.39, 0.29) is 29.0 Å². The lowest BCUT2D eigenvalue weighted by Gasteiger charge is -2.64. The van der Waals surface area contributed by atoms with Crippen molar-refractivity contribution >= 4 is 5.97 Å². The van der Waals surface area contributed by atoms with Gasteiger partial charge in [0.05, 0.1) is 12.2 Å². The number of nitriles is 1. The van der Waals surface area contributed by atoms with E-state index in [9.17, 15) is 15.2 Å².